The molecule has 4 N–H and O–H groups in total. The zero-order chi connectivity index (χ0) is 13.1. The van der Waals surface area contributed by atoms with Crippen molar-refractivity contribution in [3.05, 3.63) is 17.0 Å². The van der Waals surface area contributed by atoms with E-state index in [1.54, 1.807) is 5.32 Å². The number of rotatable bonds is 3. The number of hydrogen-bond donors (Lipinski definition) is 3. The van der Waals surface area contributed by atoms with Crippen LogP contribution in [-0.2, 0) is 0 Å². The number of amides is 3. The average molecular weight is 267 g/mol. The van der Waals surface area contributed by atoms with E-state index >= 15 is 0 Å². The quantitative estimate of drug-likeness (QED) is 0.776. The highest BCUT2D eigenvalue weighted by Crippen LogP contribution is 2.22. The van der Waals surface area contributed by atoms with Gasteiger partial charge in [0.25, 0.3) is 5.91 Å². The molecule has 0 bridgehead atoms. The summed E-state index contributed by atoms with van der Waals surface area (Å²) in [5.41, 5.74) is 5.05. The summed E-state index contributed by atoms with van der Waals surface area (Å²) in [5.74, 6) is -0.766. The van der Waals surface area contributed by atoms with Crippen molar-refractivity contribution in [1.29, 1.82) is 0 Å². The number of primary amides is 1. The van der Waals surface area contributed by atoms with E-state index in [9.17, 15) is 22.8 Å². The second kappa shape index (κ2) is 5.04. The highest BCUT2D eigenvalue weighted by Gasteiger charge is 2.27. The van der Waals surface area contributed by atoms with Crippen LogP contribution in [0.2, 0.25) is 0 Å². The Morgan fingerprint density at radius 2 is 2.06 bits per heavy atom. The Hall–Kier alpha value is -1.77. The molecule has 0 atom stereocenters. The fraction of sp³-hybridized carbons (Fsp3) is 0.250. The molecule has 0 fully saturated rings. The number of urea groups is 1. The molecule has 0 saturated heterocycles. The van der Waals surface area contributed by atoms with Crippen molar-refractivity contribution in [2.75, 3.05) is 11.9 Å². The molecule has 1 aromatic rings. The minimum atomic E-state index is -4.49. The van der Waals surface area contributed by atoms with Crippen LogP contribution in [0.15, 0.2) is 11.4 Å². The zero-order valence-electron chi connectivity index (χ0n) is 8.30. The maximum absolute atomic E-state index is 11.8. The van der Waals surface area contributed by atoms with Gasteiger partial charge < -0.3 is 11.1 Å². The lowest BCUT2D eigenvalue weighted by molar-refractivity contribution is -0.122. The van der Waals surface area contributed by atoms with Gasteiger partial charge in [-0.2, -0.15) is 13.2 Å². The molecule has 0 aliphatic carbocycles. The van der Waals surface area contributed by atoms with E-state index in [1.165, 1.54) is 11.4 Å². The van der Waals surface area contributed by atoms with Crippen LogP contribution in [0.25, 0.3) is 0 Å². The van der Waals surface area contributed by atoms with Gasteiger partial charge in [-0.05, 0) is 11.4 Å². The standard InChI is InChI=1S/C8H8F3N3O2S/c9-8(10,11)3-13-7(16)14-6-4(5(12)15)1-2-17-6/h1-2H,3H2,(H2,12,15)(H2,13,14,16). The van der Waals surface area contributed by atoms with Crippen LogP contribution < -0.4 is 16.4 Å². The summed E-state index contributed by atoms with van der Waals surface area (Å²) < 4.78 is 35.4. The highest BCUT2D eigenvalue weighted by atomic mass is 32.1. The van der Waals surface area contributed by atoms with Crippen molar-refractivity contribution in [3.8, 4) is 0 Å². The smallest absolute Gasteiger partial charge is 0.366 e. The Morgan fingerprint density at radius 1 is 1.41 bits per heavy atom. The molecule has 0 aromatic carbocycles. The van der Waals surface area contributed by atoms with Crippen molar-refractivity contribution < 1.29 is 22.8 Å². The lowest BCUT2D eigenvalue weighted by atomic mass is 10.3. The van der Waals surface area contributed by atoms with E-state index in [4.69, 9.17) is 5.73 Å². The molecule has 0 spiro atoms. The van der Waals surface area contributed by atoms with E-state index in [0.29, 0.717) is 0 Å². The van der Waals surface area contributed by atoms with Crippen molar-refractivity contribution in [3.63, 3.8) is 0 Å². The summed E-state index contributed by atoms with van der Waals surface area (Å²) in [6.07, 6.45) is -4.49. The maximum Gasteiger partial charge on any atom is 0.405 e. The molecule has 9 heteroatoms. The van der Waals surface area contributed by atoms with Gasteiger partial charge in [0.2, 0.25) is 0 Å². The van der Waals surface area contributed by atoms with Gasteiger partial charge in [0.05, 0.1) is 5.56 Å². The molecule has 0 radical (unpaired) electrons. The van der Waals surface area contributed by atoms with Gasteiger partial charge in [0.1, 0.15) is 11.5 Å². The monoisotopic (exact) mass is 267 g/mol. The van der Waals surface area contributed by atoms with E-state index < -0.39 is 24.7 Å². The number of halogens is 3. The molecular formula is C8H8F3N3O2S. The van der Waals surface area contributed by atoms with Crippen molar-refractivity contribution in [2.45, 2.75) is 6.18 Å². The summed E-state index contributed by atoms with van der Waals surface area (Å²) in [7, 11) is 0. The molecule has 0 unspecified atom stereocenters. The van der Waals surface area contributed by atoms with Crippen LogP contribution in [0.4, 0.5) is 23.0 Å². The lowest BCUT2D eigenvalue weighted by Crippen LogP contribution is -2.36. The van der Waals surface area contributed by atoms with Gasteiger partial charge in [-0.25, -0.2) is 4.79 Å². The summed E-state index contributed by atoms with van der Waals surface area (Å²) in [6.45, 7) is -1.45. The third-order valence-electron chi connectivity index (χ3n) is 1.61. The zero-order valence-corrected chi connectivity index (χ0v) is 9.11. The van der Waals surface area contributed by atoms with Crippen LogP contribution in [0.5, 0.6) is 0 Å². The molecule has 94 valence electrons. The van der Waals surface area contributed by atoms with Crippen LogP contribution >= 0.6 is 11.3 Å². The number of alkyl halides is 3. The van der Waals surface area contributed by atoms with E-state index in [-0.39, 0.29) is 10.6 Å². The average Bonchev–Trinajstić information content (AvgIpc) is 2.62. The van der Waals surface area contributed by atoms with Gasteiger partial charge >= 0.3 is 12.2 Å². The van der Waals surface area contributed by atoms with Crippen molar-refractivity contribution >= 4 is 28.3 Å². The Kier molecular flexibility index (Phi) is 3.94. The first kappa shape index (κ1) is 13.3. The Bertz CT molecular complexity index is 430. The van der Waals surface area contributed by atoms with E-state index in [0.717, 1.165) is 11.3 Å². The molecule has 1 rings (SSSR count). The number of nitrogens with two attached hydrogens (primary N) is 1. The van der Waals surface area contributed by atoms with Gasteiger partial charge in [-0.15, -0.1) is 11.3 Å². The number of thiophene rings is 1. The highest BCUT2D eigenvalue weighted by molar-refractivity contribution is 7.14. The maximum atomic E-state index is 11.8. The lowest BCUT2D eigenvalue weighted by Gasteiger charge is -2.09. The predicted molar refractivity (Wildman–Crippen MR) is 55.9 cm³/mol. The fourth-order valence-electron chi connectivity index (χ4n) is 0.928. The predicted octanol–water partition coefficient (Wildman–Crippen LogP) is 1.53. The molecule has 0 aliphatic heterocycles. The molecule has 1 heterocycles. The molecule has 1 aromatic heterocycles. The molecule has 5 nitrogen and oxygen atoms in total. The first-order chi connectivity index (χ1) is 7.79. The molecule has 0 saturated carbocycles. The minimum absolute atomic E-state index is 0.0529. The third kappa shape index (κ3) is 4.31. The number of anilines is 1. The number of carbonyl (C=O) groups is 2. The number of hydrogen-bond acceptors (Lipinski definition) is 3. The van der Waals surface area contributed by atoms with Crippen LogP contribution in [0, 0.1) is 0 Å². The first-order valence-corrected chi connectivity index (χ1v) is 5.16. The second-order valence-electron chi connectivity index (χ2n) is 2.95. The summed E-state index contributed by atoms with van der Waals surface area (Å²) in [6, 6.07) is 0.319. The van der Waals surface area contributed by atoms with E-state index in [1.807, 2.05) is 0 Å². The van der Waals surface area contributed by atoms with Gasteiger partial charge in [-0.3, -0.25) is 10.1 Å². The van der Waals surface area contributed by atoms with Crippen molar-refractivity contribution in [2.24, 2.45) is 5.73 Å². The Balaban J connectivity index is 2.57. The Morgan fingerprint density at radius 3 is 2.59 bits per heavy atom. The normalized spacial score (nSPS) is 11.0. The first-order valence-electron chi connectivity index (χ1n) is 4.28. The Labute approximate surface area is 97.8 Å². The second-order valence-corrected chi connectivity index (χ2v) is 3.87. The van der Waals surface area contributed by atoms with Crippen LogP contribution in [0.3, 0.4) is 0 Å². The molecule has 0 aliphatic rings. The summed E-state index contributed by atoms with van der Waals surface area (Å²) >= 11 is 0.986. The van der Waals surface area contributed by atoms with Gasteiger partial charge in [0.15, 0.2) is 0 Å². The fourth-order valence-corrected chi connectivity index (χ4v) is 1.72. The van der Waals surface area contributed by atoms with Crippen molar-refractivity contribution in [1.82, 2.24) is 5.32 Å². The number of nitrogens with one attached hydrogen (secondary N) is 2. The van der Waals surface area contributed by atoms with Crippen LogP contribution in [-0.4, -0.2) is 24.7 Å². The summed E-state index contributed by atoms with van der Waals surface area (Å²) in [4.78, 5) is 21.9. The molecular weight excluding hydrogens is 259 g/mol. The van der Waals surface area contributed by atoms with Gasteiger partial charge in [-0.1, -0.05) is 0 Å². The largest absolute Gasteiger partial charge is 0.405 e. The van der Waals surface area contributed by atoms with Crippen LogP contribution in [0.1, 0.15) is 10.4 Å². The summed E-state index contributed by atoms with van der Waals surface area (Å²) in [5, 5.41) is 5.31. The SMILES string of the molecule is NC(=O)c1ccsc1NC(=O)NCC(F)(F)F. The third-order valence-corrected chi connectivity index (χ3v) is 2.44. The minimum Gasteiger partial charge on any atom is -0.366 e. The topological polar surface area (TPSA) is 84.2 Å². The van der Waals surface area contributed by atoms with E-state index in [2.05, 4.69) is 5.32 Å². The molecule has 3 amide bonds. The number of carbonyl (C=O) groups excluding carboxylic acids is 2. The molecule has 17 heavy (non-hydrogen) atoms. The van der Waals surface area contributed by atoms with Gasteiger partial charge in [0, 0.05) is 0 Å².